The Hall–Kier alpha value is -1.77. The molecule has 0 aliphatic heterocycles. The van der Waals surface area contributed by atoms with Crippen molar-refractivity contribution in [2.75, 3.05) is 0 Å². The molecule has 0 aliphatic rings. The molecule has 0 atom stereocenters. The van der Waals surface area contributed by atoms with E-state index in [1.54, 1.807) is 18.2 Å². The van der Waals surface area contributed by atoms with Crippen LogP contribution >= 0.6 is 0 Å². The number of pyridine rings is 1. The highest BCUT2D eigenvalue weighted by Crippen LogP contribution is 2.20. The van der Waals surface area contributed by atoms with Gasteiger partial charge in [0.15, 0.2) is 0 Å². The molecule has 2 aromatic rings. The number of aryl methyl sites for hydroxylation is 1. The Bertz CT molecular complexity index is 543. The van der Waals surface area contributed by atoms with Gasteiger partial charge in [-0.1, -0.05) is 13.3 Å². The zero-order valence-electron chi connectivity index (χ0n) is 8.58. The molecule has 0 aliphatic carbocycles. The molecule has 0 spiro atoms. The third-order valence-electron chi connectivity index (χ3n) is 2.43. The fraction of sp³-hybridized carbons (Fsp3) is 0.250. The Morgan fingerprint density at radius 1 is 1.33 bits per heavy atom. The molecule has 3 nitrogen and oxygen atoms in total. The first-order valence-corrected chi connectivity index (χ1v) is 5.05. The number of aromatic hydroxyl groups is 1. The van der Waals surface area contributed by atoms with Crippen LogP contribution in [0.3, 0.4) is 0 Å². The summed E-state index contributed by atoms with van der Waals surface area (Å²) in [6.07, 6.45) is 1.88. The van der Waals surface area contributed by atoms with Gasteiger partial charge in [-0.2, -0.15) is 0 Å². The predicted octanol–water partition coefficient (Wildman–Crippen LogP) is 2.19. The molecule has 0 unspecified atom stereocenters. The average Bonchev–Trinajstić information content (AvgIpc) is 2.17. The summed E-state index contributed by atoms with van der Waals surface area (Å²) in [4.78, 5) is 14.1. The summed E-state index contributed by atoms with van der Waals surface area (Å²) in [7, 11) is 0. The number of aromatic nitrogens is 1. The van der Waals surface area contributed by atoms with Gasteiger partial charge in [0.25, 0.3) is 0 Å². The molecular formula is C12H13NO2. The molecule has 78 valence electrons. The van der Waals surface area contributed by atoms with Gasteiger partial charge in [-0.25, -0.2) is 0 Å². The first kappa shape index (κ1) is 9.77. The zero-order chi connectivity index (χ0) is 10.8. The molecule has 2 N–H and O–H groups in total. The second-order valence-electron chi connectivity index (χ2n) is 3.64. The molecule has 0 amide bonds. The van der Waals surface area contributed by atoms with Crippen molar-refractivity contribution in [2.45, 2.75) is 19.8 Å². The van der Waals surface area contributed by atoms with Crippen molar-refractivity contribution < 1.29 is 5.11 Å². The van der Waals surface area contributed by atoms with Crippen LogP contribution in [0.2, 0.25) is 0 Å². The Balaban J connectivity index is 2.74. The average molecular weight is 203 g/mol. The van der Waals surface area contributed by atoms with Gasteiger partial charge in [-0.15, -0.1) is 0 Å². The van der Waals surface area contributed by atoms with Crippen LogP contribution in [-0.2, 0) is 6.42 Å². The molecule has 3 heteroatoms. The summed E-state index contributed by atoms with van der Waals surface area (Å²) in [5.41, 5.74) is 1.62. The molecule has 0 radical (unpaired) electrons. The minimum atomic E-state index is -0.114. The summed E-state index contributed by atoms with van der Waals surface area (Å²) >= 11 is 0. The van der Waals surface area contributed by atoms with Crippen LogP contribution < -0.4 is 5.56 Å². The highest BCUT2D eigenvalue weighted by Gasteiger charge is 2.03. The van der Waals surface area contributed by atoms with Gasteiger partial charge in [-0.3, -0.25) is 4.79 Å². The van der Waals surface area contributed by atoms with E-state index in [1.807, 2.05) is 6.07 Å². The summed E-state index contributed by atoms with van der Waals surface area (Å²) in [6, 6.07) is 6.68. The van der Waals surface area contributed by atoms with Crippen LogP contribution in [0.1, 0.15) is 18.9 Å². The van der Waals surface area contributed by atoms with E-state index in [0.29, 0.717) is 5.52 Å². The minimum Gasteiger partial charge on any atom is -0.508 e. The summed E-state index contributed by atoms with van der Waals surface area (Å²) in [6.45, 7) is 2.08. The molecule has 0 saturated carbocycles. The number of phenols is 1. The van der Waals surface area contributed by atoms with E-state index >= 15 is 0 Å². The lowest BCUT2D eigenvalue weighted by Gasteiger charge is -2.04. The highest BCUT2D eigenvalue weighted by molar-refractivity contribution is 5.83. The van der Waals surface area contributed by atoms with Gasteiger partial charge >= 0.3 is 0 Å². The smallest absolute Gasteiger partial charge is 0.248 e. The van der Waals surface area contributed by atoms with Crippen molar-refractivity contribution in [3.8, 4) is 5.75 Å². The van der Waals surface area contributed by atoms with Crippen molar-refractivity contribution in [1.82, 2.24) is 4.98 Å². The number of rotatable bonds is 2. The van der Waals surface area contributed by atoms with Crippen molar-refractivity contribution in [3.05, 3.63) is 40.2 Å². The van der Waals surface area contributed by atoms with Gasteiger partial charge in [-0.05, 0) is 24.1 Å². The van der Waals surface area contributed by atoms with E-state index in [4.69, 9.17) is 0 Å². The molecule has 15 heavy (non-hydrogen) atoms. The zero-order valence-corrected chi connectivity index (χ0v) is 8.58. The second kappa shape index (κ2) is 3.77. The van der Waals surface area contributed by atoms with Gasteiger partial charge in [0.05, 0.1) is 5.52 Å². The molecule has 1 heterocycles. The van der Waals surface area contributed by atoms with E-state index in [2.05, 4.69) is 11.9 Å². The Kier molecular flexibility index (Phi) is 2.46. The number of aromatic amines is 1. The van der Waals surface area contributed by atoms with Crippen LogP contribution in [-0.4, -0.2) is 10.1 Å². The summed E-state index contributed by atoms with van der Waals surface area (Å²) in [5, 5.41) is 10.3. The fourth-order valence-electron chi connectivity index (χ4n) is 1.80. The molecule has 0 saturated heterocycles. The number of fused-ring (bicyclic) bond motifs is 1. The van der Waals surface area contributed by atoms with Crippen molar-refractivity contribution in [1.29, 1.82) is 0 Å². The Morgan fingerprint density at radius 2 is 2.13 bits per heavy atom. The maximum Gasteiger partial charge on any atom is 0.248 e. The number of hydrogen-bond acceptors (Lipinski definition) is 2. The first-order chi connectivity index (χ1) is 7.20. The Labute approximate surface area is 87.4 Å². The summed E-state index contributed by atoms with van der Waals surface area (Å²) < 4.78 is 0. The third kappa shape index (κ3) is 1.86. The van der Waals surface area contributed by atoms with Gasteiger partial charge in [0.1, 0.15) is 5.75 Å². The molecular weight excluding hydrogens is 190 g/mol. The number of nitrogens with one attached hydrogen (secondary N) is 1. The first-order valence-electron chi connectivity index (χ1n) is 5.05. The molecule has 0 bridgehead atoms. The van der Waals surface area contributed by atoms with Crippen LogP contribution in [0.25, 0.3) is 10.9 Å². The van der Waals surface area contributed by atoms with Crippen molar-refractivity contribution in [2.24, 2.45) is 0 Å². The van der Waals surface area contributed by atoms with Crippen molar-refractivity contribution >= 4 is 10.9 Å². The quantitative estimate of drug-likeness (QED) is 0.786. The predicted molar refractivity (Wildman–Crippen MR) is 60.2 cm³/mol. The number of phenolic OH excluding ortho intramolecular Hbond substituents is 1. The normalized spacial score (nSPS) is 10.7. The van der Waals surface area contributed by atoms with E-state index in [0.717, 1.165) is 23.8 Å². The topological polar surface area (TPSA) is 53.1 Å². The van der Waals surface area contributed by atoms with E-state index in [1.165, 1.54) is 0 Å². The lowest BCUT2D eigenvalue weighted by Crippen LogP contribution is -2.06. The molecule has 2 rings (SSSR count). The standard InChI is InChI=1S/C12H13NO2/c1-2-3-8-6-12(15)13-11-7-9(14)4-5-10(8)11/h4-7,14H,2-3H2,1H3,(H,13,15). The van der Waals surface area contributed by atoms with E-state index in [-0.39, 0.29) is 11.3 Å². The van der Waals surface area contributed by atoms with E-state index < -0.39 is 0 Å². The Morgan fingerprint density at radius 3 is 2.87 bits per heavy atom. The number of H-pyrrole nitrogens is 1. The maximum absolute atomic E-state index is 11.4. The SMILES string of the molecule is CCCc1cc(=O)[nH]c2cc(O)ccc12. The van der Waals surface area contributed by atoms with Crippen molar-refractivity contribution in [3.63, 3.8) is 0 Å². The highest BCUT2D eigenvalue weighted by atomic mass is 16.3. The van der Waals surface area contributed by atoms with Crippen LogP contribution in [0.4, 0.5) is 0 Å². The molecule has 0 fully saturated rings. The maximum atomic E-state index is 11.4. The summed E-state index contributed by atoms with van der Waals surface area (Å²) in [5.74, 6) is 0.173. The van der Waals surface area contributed by atoms with Crippen LogP contribution in [0.5, 0.6) is 5.75 Å². The van der Waals surface area contributed by atoms with Gasteiger partial charge in [0, 0.05) is 17.5 Å². The van der Waals surface area contributed by atoms with Crippen LogP contribution in [0.15, 0.2) is 29.1 Å². The van der Waals surface area contributed by atoms with Crippen LogP contribution in [0, 0.1) is 0 Å². The molecule has 1 aromatic carbocycles. The second-order valence-corrected chi connectivity index (χ2v) is 3.64. The van der Waals surface area contributed by atoms with Gasteiger partial charge in [0.2, 0.25) is 5.56 Å². The largest absolute Gasteiger partial charge is 0.508 e. The fourth-order valence-corrected chi connectivity index (χ4v) is 1.80. The van der Waals surface area contributed by atoms with E-state index in [9.17, 15) is 9.90 Å². The molecule has 1 aromatic heterocycles. The minimum absolute atomic E-state index is 0.114. The van der Waals surface area contributed by atoms with Gasteiger partial charge < -0.3 is 10.1 Å². The monoisotopic (exact) mass is 203 g/mol. The number of hydrogen-bond donors (Lipinski definition) is 2. The lowest BCUT2D eigenvalue weighted by molar-refractivity contribution is 0.476. The lowest BCUT2D eigenvalue weighted by atomic mass is 10.1. The third-order valence-corrected chi connectivity index (χ3v) is 2.43. The number of benzene rings is 1.